The molecule has 3 rings (SSSR count). The Labute approximate surface area is 126 Å². The van der Waals surface area contributed by atoms with Gasteiger partial charge in [-0.2, -0.15) is 10.2 Å². The van der Waals surface area contributed by atoms with Gasteiger partial charge in [0, 0.05) is 19.2 Å². The summed E-state index contributed by atoms with van der Waals surface area (Å²) in [7, 11) is 0. The maximum absolute atomic E-state index is 12.6. The number of aromatic nitrogens is 4. The van der Waals surface area contributed by atoms with Gasteiger partial charge in [0.1, 0.15) is 0 Å². The first-order valence-corrected chi connectivity index (χ1v) is 7.20. The monoisotopic (exact) mass is 303 g/mol. The standard InChI is InChI=1S/C14H17N5O3/c1-2-11-10(14(21)18-5-7-22-8-6-18)9-15-19(11)12-3-4-13(20)17-16-12/h3-4,9H,2,5-8H2,1H3,(H,17,20). The molecule has 1 aliphatic rings. The van der Waals surface area contributed by atoms with Gasteiger partial charge in [0.15, 0.2) is 5.82 Å². The number of carbonyl (C=O) groups excluding carboxylic acids is 1. The van der Waals surface area contributed by atoms with Crippen molar-refractivity contribution in [1.82, 2.24) is 24.9 Å². The number of morpholine rings is 1. The van der Waals surface area contributed by atoms with Crippen LogP contribution in [0.25, 0.3) is 5.82 Å². The zero-order valence-electron chi connectivity index (χ0n) is 12.3. The predicted molar refractivity (Wildman–Crippen MR) is 78.1 cm³/mol. The van der Waals surface area contributed by atoms with E-state index in [4.69, 9.17) is 4.74 Å². The molecule has 8 nitrogen and oxygen atoms in total. The molecule has 1 aliphatic heterocycles. The third-order valence-electron chi connectivity index (χ3n) is 3.61. The molecule has 1 amide bonds. The number of hydrogen-bond acceptors (Lipinski definition) is 5. The molecular formula is C14H17N5O3. The van der Waals surface area contributed by atoms with Gasteiger partial charge in [0.25, 0.3) is 11.5 Å². The Balaban J connectivity index is 1.94. The summed E-state index contributed by atoms with van der Waals surface area (Å²) in [5.41, 5.74) is 1.06. The number of H-pyrrole nitrogens is 1. The summed E-state index contributed by atoms with van der Waals surface area (Å²) in [6.45, 7) is 4.25. The third-order valence-corrected chi connectivity index (χ3v) is 3.61. The van der Waals surface area contributed by atoms with Crippen molar-refractivity contribution in [2.75, 3.05) is 26.3 Å². The second-order valence-electron chi connectivity index (χ2n) is 4.95. The van der Waals surface area contributed by atoms with Crippen LogP contribution in [0.1, 0.15) is 23.0 Å². The minimum absolute atomic E-state index is 0.0455. The zero-order valence-corrected chi connectivity index (χ0v) is 12.3. The highest BCUT2D eigenvalue weighted by atomic mass is 16.5. The highest BCUT2D eigenvalue weighted by Crippen LogP contribution is 2.16. The van der Waals surface area contributed by atoms with Crippen LogP contribution in [0.4, 0.5) is 0 Å². The van der Waals surface area contributed by atoms with Crippen LogP contribution < -0.4 is 5.56 Å². The number of ether oxygens (including phenoxy) is 1. The number of rotatable bonds is 3. The van der Waals surface area contributed by atoms with Gasteiger partial charge in [0.2, 0.25) is 0 Å². The molecule has 0 atom stereocenters. The number of aromatic amines is 1. The molecule has 0 spiro atoms. The summed E-state index contributed by atoms with van der Waals surface area (Å²) in [4.78, 5) is 25.5. The lowest BCUT2D eigenvalue weighted by atomic mass is 10.1. The second kappa shape index (κ2) is 6.10. The molecule has 0 bridgehead atoms. The van der Waals surface area contributed by atoms with Gasteiger partial charge >= 0.3 is 0 Å². The van der Waals surface area contributed by atoms with E-state index in [0.29, 0.717) is 44.1 Å². The van der Waals surface area contributed by atoms with Crippen molar-refractivity contribution >= 4 is 5.91 Å². The average Bonchev–Trinajstić information content (AvgIpc) is 2.99. The van der Waals surface area contributed by atoms with Crippen LogP contribution in [0, 0.1) is 0 Å². The number of nitrogens with zero attached hydrogens (tertiary/aromatic N) is 4. The first-order valence-electron chi connectivity index (χ1n) is 7.20. The molecule has 3 heterocycles. The fraction of sp³-hybridized carbons (Fsp3) is 0.429. The Morgan fingerprint density at radius 2 is 2.14 bits per heavy atom. The lowest BCUT2D eigenvalue weighted by Crippen LogP contribution is -2.40. The molecule has 2 aromatic heterocycles. The van der Waals surface area contributed by atoms with E-state index in [1.54, 1.807) is 21.8 Å². The summed E-state index contributed by atoms with van der Waals surface area (Å²) < 4.78 is 6.86. The maximum Gasteiger partial charge on any atom is 0.264 e. The van der Waals surface area contributed by atoms with E-state index in [9.17, 15) is 9.59 Å². The molecular weight excluding hydrogens is 286 g/mol. The SMILES string of the molecule is CCc1c(C(=O)N2CCOCC2)cnn1-c1ccc(=O)[nH]n1. The van der Waals surface area contributed by atoms with Crippen molar-refractivity contribution in [2.45, 2.75) is 13.3 Å². The van der Waals surface area contributed by atoms with Crippen molar-refractivity contribution < 1.29 is 9.53 Å². The smallest absolute Gasteiger partial charge is 0.264 e. The molecule has 0 aromatic carbocycles. The van der Waals surface area contributed by atoms with Crippen molar-refractivity contribution in [2.24, 2.45) is 0 Å². The average molecular weight is 303 g/mol. The normalized spacial score (nSPS) is 15.0. The van der Waals surface area contributed by atoms with Crippen LogP contribution in [-0.4, -0.2) is 57.1 Å². The van der Waals surface area contributed by atoms with Gasteiger partial charge in [-0.25, -0.2) is 9.78 Å². The lowest BCUT2D eigenvalue weighted by molar-refractivity contribution is 0.0302. The Morgan fingerprint density at radius 1 is 1.36 bits per heavy atom. The Bertz CT molecular complexity index is 710. The van der Waals surface area contributed by atoms with Crippen molar-refractivity contribution in [3.8, 4) is 5.82 Å². The van der Waals surface area contributed by atoms with Crippen molar-refractivity contribution in [3.05, 3.63) is 39.9 Å². The van der Waals surface area contributed by atoms with Gasteiger partial charge < -0.3 is 9.64 Å². The molecule has 2 aromatic rings. The van der Waals surface area contributed by atoms with Crippen LogP contribution in [0.5, 0.6) is 0 Å². The summed E-state index contributed by atoms with van der Waals surface area (Å²) >= 11 is 0. The van der Waals surface area contributed by atoms with E-state index in [-0.39, 0.29) is 11.5 Å². The van der Waals surface area contributed by atoms with Crippen LogP contribution in [0.3, 0.4) is 0 Å². The van der Waals surface area contributed by atoms with Gasteiger partial charge in [-0.05, 0) is 12.5 Å². The van der Waals surface area contributed by atoms with Crippen molar-refractivity contribution in [3.63, 3.8) is 0 Å². The minimum Gasteiger partial charge on any atom is -0.378 e. The molecule has 1 saturated heterocycles. The Morgan fingerprint density at radius 3 is 2.77 bits per heavy atom. The maximum atomic E-state index is 12.6. The molecule has 1 fully saturated rings. The van der Waals surface area contributed by atoms with E-state index in [2.05, 4.69) is 15.3 Å². The molecule has 0 saturated carbocycles. The Kier molecular flexibility index (Phi) is 4.01. The van der Waals surface area contributed by atoms with E-state index in [0.717, 1.165) is 5.69 Å². The largest absolute Gasteiger partial charge is 0.378 e. The topological polar surface area (TPSA) is 93.1 Å². The molecule has 22 heavy (non-hydrogen) atoms. The van der Waals surface area contributed by atoms with Crippen LogP contribution in [0.15, 0.2) is 23.1 Å². The van der Waals surface area contributed by atoms with Crippen LogP contribution in [-0.2, 0) is 11.2 Å². The van der Waals surface area contributed by atoms with Gasteiger partial charge in [-0.1, -0.05) is 6.92 Å². The molecule has 1 N–H and O–H groups in total. The van der Waals surface area contributed by atoms with Crippen LogP contribution >= 0.6 is 0 Å². The van der Waals surface area contributed by atoms with E-state index in [1.807, 2.05) is 6.92 Å². The minimum atomic E-state index is -0.279. The fourth-order valence-electron chi connectivity index (χ4n) is 2.48. The first-order chi connectivity index (χ1) is 10.7. The van der Waals surface area contributed by atoms with E-state index < -0.39 is 0 Å². The fourth-order valence-corrected chi connectivity index (χ4v) is 2.48. The first kappa shape index (κ1) is 14.5. The quantitative estimate of drug-likeness (QED) is 0.861. The molecule has 8 heteroatoms. The number of carbonyl (C=O) groups is 1. The number of amides is 1. The Hall–Kier alpha value is -2.48. The molecule has 0 unspecified atom stereocenters. The molecule has 0 radical (unpaired) electrons. The second-order valence-corrected chi connectivity index (χ2v) is 4.95. The van der Waals surface area contributed by atoms with Gasteiger partial charge in [0.05, 0.1) is 30.7 Å². The highest BCUT2D eigenvalue weighted by molar-refractivity contribution is 5.95. The van der Waals surface area contributed by atoms with E-state index in [1.165, 1.54) is 6.07 Å². The zero-order chi connectivity index (χ0) is 15.5. The number of hydrogen-bond donors (Lipinski definition) is 1. The predicted octanol–water partition coefficient (Wildman–Crippen LogP) is -0.00960. The van der Waals surface area contributed by atoms with E-state index >= 15 is 0 Å². The molecule has 0 aliphatic carbocycles. The van der Waals surface area contributed by atoms with Crippen LogP contribution in [0.2, 0.25) is 0 Å². The summed E-state index contributed by atoms with van der Waals surface area (Å²) in [5.74, 6) is 0.438. The lowest BCUT2D eigenvalue weighted by Gasteiger charge is -2.26. The third kappa shape index (κ3) is 2.64. The summed E-state index contributed by atoms with van der Waals surface area (Å²) in [6, 6.07) is 2.96. The number of nitrogens with one attached hydrogen (secondary N) is 1. The molecule has 116 valence electrons. The highest BCUT2D eigenvalue weighted by Gasteiger charge is 2.24. The summed E-state index contributed by atoms with van der Waals surface area (Å²) in [6.07, 6.45) is 2.19. The van der Waals surface area contributed by atoms with Gasteiger partial charge in [-0.3, -0.25) is 9.59 Å². The van der Waals surface area contributed by atoms with Crippen molar-refractivity contribution in [1.29, 1.82) is 0 Å². The van der Waals surface area contributed by atoms with Gasteiger partial charge in [-0.15, -0.1) is 0 Å². The summed E-state index contributed by atoms with van der Waals surface area (Å²) in [5, 5.41) is 10.6.